The highest BCUT2D eigenvalue weighted by Gasteiger charge is 2.31. The molecule has 2 aliphatic heterocycles. The minimum atomic E-state index is -0.823. The Morgan fingerprint density at radius 2 is 1.10 bits per heavy atom. The Kier molecular flexibility index (Phi) is 16.5. The van der Waals surface area contributed by atoms with E-state index in [9.17, 15) is 18.4 Å². The average Bonchev–Trinajstić information content (AvgIpc) is 3.42. The summed E-state index contributed by atoms with van der Waals surface area (Å²) in [5.41, 5.74) is 0. The number of carbonyl (C=O) groups is 2. The van der Waals surface area contributed by atoms with E-state index >= 15 is 0 Å². The maximum absolute atomic E-state index is 14.4. The van der Waals surface area contributed by atoms with E-state index in [0.29, 0.717) is 38.9 Å². The standard InChI is InChI=1S/C31H50F2N2O6/c32-24(14-5-1-3-9-20-38-28-18-7-11-22-40-28)30(36)34-26-16-13-17-27(26)35-31(37)25(33)15-6-2-4-10-21-39-29-19-8-12-23-41-29/h14-15,26-29H,1-13,16-23H2,(H,34,36)(H,35,37)/t26-,27+,28?,29?. The van der Waals surface area contributed by atoms with Gasteiger partial charge in [-0.05, 0) is 108 Å². The quantitative estimate of drug-likeness (QED) is 0.150. The van der Waals surface area contributed by atoms with Crippen molar-refractivity contribution in [3.63, 3.8) is 0 Å². The molecular formula is C31H50F2N2O6. The molecule has 0 bridgehead atoms. The highest BCUT2D eigenvalue weighted by molar-refractivity contribution is 5.92. The Morgan fingerprint density at radius 1 is 0.634 bits per heavy atom. The van der Waals surface area contributed by atoms with Gasteiger partial charge in [0.25, 0.3) is 11.8 Å². The lowest BCUT2D eigenvalue weighted by molar-refractivity contribution is -0.163. The van der Waals surface area contributed by atoms with Crippen molar-refractivity contribution in [3.8, 4) is 0 Å². The number of unbranched alkanes of at least 4 members (excludes halogenated alkanes) is 6. The van der Waals surface area contributed by atoms with Gasteiger partial charge < -0.3 is 29.6 Å². The molecule has 4 atom stereocenters. The molecule has 0 spiro atoms. The SMILES string of the molecule is O=C(N[C@H]1CCC[C@H]1NC(=O)C(F)=CCCCCCOC1CCCCO1)C(F)=CCCCCCOC1CCCCO1. The molecule has 2 unspecified atom stereocenters. The molecule has 3 rings (SSSR count). The molecule has 0 aromatic carbocycles. The molecule has 0 radical (unpaired) electrons. The highest BCUT2D eigenvalue weighted by Crippen LogP contribution is 2.21. The lowest BCUT2D eigenvalue weighted by Crippen LogP contribution is -2.48. The van der Waals surface area contributed by atoms with Gasteiger partial charge in [-0.15, -0.1) is 0 Å². The van der Waals surface area contributed by atoms with Crippen molar-refractivity contribution >= 4 is 11.8 Å². The van der Waals surface area contributed by atoms with Crippen LogP contribution >= 0.6 is 0 Å². The van der Waals surface area contributed by atoms with Gasteiger partial charge >= 0.3 is 0 Å². The first kappa shape index (κ1) is 33.6. The number of nitrogens with one attached hydrogen (secondary N) is 2. The average molecular weight is 585 g/mol. The van der Waals surface area contributed by atoms with E-state index in [0.717, 1.165) is 96.7 Å². The summed E-state index contributed by atoms with van der Waals surface area (Å²) in [5.74, 6) is -3.22. The van der Waals surface area contributed by atoms with E-state index in [4.69, 9.17) is 18.9 Å². The van der Waals surface area contributed by atoms with E-state index in [-0.39, 0.29) is 12.6 Å². The van der Waals surface area contributed by atoms with Gasteiger partial charge in [-0.2, -0.15) is 0 Å². The van der Waals surface area contributed by atoms with Gasteiger partial charge in [0.05, 0.1) is 0 Å². The summed E-state index contributed by atoms with van der Waals surface area (Å²) in [6, 6.07) is -0.851. The fourth-order valence-corrected chi connectivity index (χ4v) is 5.38. The molecule has 8 nitrogen and oxygen atoms in total. The zero-order valence-electron chi connectivity index (χ0n) is 24.5. The maximum Gasteiger partial charge on any atom is 0.279 e. The van der Waals surface area contributed by atoms with Crippen molar-refractivity contribution < 1.29 is 37.3 Å². The van der Waals surface area contributed by atoms with E-state index in [1.54, 1.807) is 0 Å². The maximum atomic E-state index is 14.4. The zero-order chi connectivity index (χ0) is 29.1. The number of carbonyl (C=O) groups excluding carboxylic acids is 2. The fourth-order valence-electron chi connectivity index (χ4n) is 5.38. The van der Waals surface area contributed by atoms with Crippen molar-refractivity contribution in [1.82, 2.24) is 10.6 Å². The topological polar surface area (TPSA) is 95.1 Å². The molecule has 1 saturated carbocycles. The molecule has 2 N–H and O–H groups in total. The first-order valence-corrected chi connectivity index (χ1v) is 15.8. The first-order chi connectivity index (χ1) is 20.0. The first-order valence-electron chi connectivity index (χ1n) is 15.8. The van der Waals surface area contributed by atoms with Gasteiger partial charge in [0.15, 0.2) is 24.2 Å². The number of allylic oxidation sites excluding steroid dienone is 2. The van der Waals surface area contributed by atoms with Crippen molar-refractivity contribution in [2.45, 2.75) is 134 Å². The summed E-state index contributed by atoms with van der Waals surface area (Å²) < 4.78 is 51.2. The summed E-state index contributed by atoms with van der Waals surface area (Å²) in [4.78, 5) is 24.7. The van der Waals surface area contributed by atoms with Gasteiger partial charge in [-0.3, -0.25) is 9.59 Å². The van der Waals surface area contributed by atoms with Gasteiger partial charge in [-0.1, -0.05) is 12.8 Å². The largest absolute Gasteiger partial charge is 0.353 e. The van der Waals surface area contributed by atoms with Crippen LogP contribution in [0.25, 0.3) is 0 Å². The number of hydrogen-bond acceptors (Lipinski definition) is 6. The molecule has 3 fully saturated rings. The second-order valence-electron chi connectivity index (χ2n) is 11.2. The molecule has 0 aromatic rings. The van der Waals surface area contributed by atoms with Crippen LogP contribution in [0.2, 0.25) is 0 Å². The number of amides is 2. The Hall–Kier alpha value is -1.88. The molecule has 234 valence electrons. The van der Waals surface area contributed by atoms with Crippen molar-refractivity contribution in [1.29, 1.82) is 0 Å². The predicted octanol–water partition coefficient (Wildman–Crippen LogP) is 6.05. The molecule has 10 heteroatoms. The number of hydrogen-bond donors (Lipinski definition) is 2. The molecule has 2 amide bonds. The van der Waals surface area contributed by atoms with Crippen LogP contribution in [0.1, 0.15) is 109 Å². The van der Waals surface area contributed by atoms with Crippen LogP contribution in [0, 0.1) is 0 Å². The third-order valence-corrected chi connectivity index (χ3v) is 7.81. The van der Waals surface area contributed by atoms with E-state index in [1.165, 1.54) is 12.2 Å². The van der Waals surface area contributed by atoms with Crippen LogP contribution in [0.15, 0.2) is 23.8 Å². The van der Waals surface area contributed by atoms with Gasteiger partial charge in [0, 0.05) is 38.5 Å². The van der Waals surface area contributed by atoms with Crippen LogP contribution in [0.3, 0.4) is 0 Å². The van der Waals surface area contributed by atoms with Gasteiger partial charge in [0.1, 0.15) is 0 Å². The Balaban J connectivity index is 1.24. The third kappa shape index (κ3) is 13.8. The Morgan fingerprint density at radius 3 is 1.51 bits per heavy atom. The van der Waals surface area contributed by atoms with Crippen molar-refractivity contribution in [2.75, 3.05) is 26.4 Å². The molecule has 3 aliphatic rings. The summed E-state index contributed by atoms with van der Waals surface area (Å²) in [6.45, 7) is 2.75. The molecule has 0 aromatic heterocycles. The highest BCUT2D eigenvalue weighted by atomic mass is 19.1. The second-order valence-corrected chi connectivity index (χ2v) is 11.2. The molecule has 2 heterocycles. The van der Waals surface area contributed by atoms with Crippen molar-refractivity contribution in [3.05, 3.63) is 23.8 Å². The molecular weight excluding hydrogens is 534 g/mol. The Bertz CT molecular complexity index is 761. The van der Waals surface area contributed by atoms with Crippen LogP contribution in [-0.2, 0) is 28.5 Å². The summed E-state index contributed by atoms with van der Waals surface area (Å²) in [6.07, 6.45) is 16.6. The summed E-state index contributed by atoms with van der Waals surface area (Å²) in [7, 11) is 0. The Labute approximate surface area is 243 Å². The third-order valence-electron chi connectivity index (χ3n) is 7.81. The minimum absolute atomic E-state index is 0.0934. The lowest BCUT2D eigenvalue weighted by atomic mass is 10.1. The fraction of sp³-hybridized carbons (Fsp3) is 0.806. The van der Waals surface area contributed by atoms with Crippen LogP contribution in [-0.4, -0.2) is 62.9 Å². The van der Waals surface area contributed by atoms with E-state index < -0.39 is 35.6 Å². The minimum Gasteiger partial charge on any atom is -0.353 e. The zero-order valence-corrected chi connectivity index (χ0v) is 24.5. The number of rotatable bonds is 18. The molecule has 41 heavy (non-hydrogen) atoms. The van der Waals surface area contributed by atoms with E-state index in [1.807, 2.05) is 0 Å². The van der Waals surface area contributed by atoms with Crippen LogP contribution in [0.5, 0.6) is 0 Å². The van der Waals surface area contributed by atoms with Gasteiger partial charge in [0.2, 0.25) is 0 Å². The van der Waals surface area contributed by atoms with Crippen LogP contribution in [0.4, 0.5) is 8.78 Å². The normalized spacial score (nSPS) is 25.7. The van der Waals surface area contributed by atoms with E-state index in [2.05, 4.69) is 10.6 Å². The predicted molar refractivity (Wildman–Crippen MR) is 152 cm³/mol. The number of ether oxygens (including phenoxy) is 4. The van der Waals surface area contributed by atoms with Crippen molar-refractivity contribution in [2.24, 2.45) is 0 Å². The summed E-state index contributed by atoms with van der Waals surface area (Å²) >= 11 is 0. The number of halogens is 2. The van der Waals surface area contributed by atoms with Gasteiger partial charge in [-0.25, -0.2) is 8.78 Å². The lowest BCUT2D eigenvalue weighted by Gasteiger charge is -2.22. The smallest absolute Gasteiger partial charge is 0.279 e. The molecule has 2 saturated heterocycles. The van der Waals surface area contributed by atoms with Crippen LogP contribution < -0.4 is 10.6 Å². The molecule has 1 aliphatic carbocycles. The monoisotopic (exact) mass is 584 g/mol. The second kappa shape index (κ2) is 20.1. The summed E-state index contributed by atoms with van der Waals surface area (Å²) in [5, 5.41) is 5.34.